The van der Waals surface area contributed by atoms with Gasteiger partial charge < -0.3 is 9.47 Å². The summed E-state index contributed by atoms with van der Waals surface area (Å²) in [7, 11) is 0. The molecule has 0 radical (unpaired) electrons. The van der Waals surface area contributed by atoms with Crippen molar-refractivity contribution in [2.75, 3.05) is 4.90 Å². The Morgan fingerprint density at radius 3 is 1.79 bits per heavy atom. The van der Waals surface area contributed by atoms with Gasteiger partial charge in [-0.15, -0.1) is 0 Å². The third-order valence-corrected chi connectivity index (χ3v) is 12.8. The van der Waals surface area contributed by atoms with Crippen LogP contribution in [0.2, 0.25) is 0 Å². The van der Waals surface area contributed by atoms with Crippen LogP contribution in [0, 0.1) is 0 Å². The van der Waals surface area contributed by atoms with E-state index in [1.54, 1.807) is 0 Å². The molecule has 0 amide bonds. The van der Waals surface area contributed by atoms with E-state index in [0.717, 1.165) is 17.1 Å². The Hall–Kier alpha value is -6.64. The Morgan fingerprint density at radius 2 is 0.982 bits per heavy atom. The molecule has 1 aromatic heterocycles. The van der Waals surface area contributed by atoms with Gasteiger partial charge in [0.05, 0.1) is 22.4 Å². The molecular formula is C54H42N2. The van der Waals surface area contributed by atoms with Gasteiger partial charge in [0.15, 0.2) is 0 Å². The molecule has 0 spiro atoms. The van der Waals surface area contributed by atoms with Gasteiger partial charge in [-0.25, -0.2) is 0 Å². The first-order valence-electron chi connectivity index (χ1n) is 19.8. The molecule has 0 unspecified atom stereocenters. The van der Waals surface area contributed by atoms with E-state index in [0.29, 0.717) is 0 Å². The number of hydrogen-bond acceptors (Lipinski definition) is 1. The van der Waals surface area contributed by atoms with Gasteiger partial charge in [-0.05, 0) is 98.6 Å². The fourth-order valence-corrected chi connectivity index (χ4v) is 10.2. The monoisotopic (exact) mass is 718 g/mol. The molecule has 9 aromatic rings. The maximum absolute atomic E-state index is 2.55. The number of rotatable bonds is 5. The largest absolute Gasteiger partial charge is 0.310 e. The molecule has 11 rings (SSSR count). The van der Waals surface area contributed by atoms with Gasteiger partial charge in [0, 0.05) is 38.5 Å². The van der Waals surface area contributed by atoms with Crippen LogP contribution in [0.4, 0.5) is 17.1 Å². The summed E-state index contributed by atoms with van der Waals surface area (Å²) in [5, 5.41) is 2.51. The summed E-state index contributed by atoms with van der Waals surface area (Å²) in [5.41, 5.74) is 20.0. The number of hydrogen-bond donors (Lipinski definition) is 0. The quantitative estimate of drug-likeness (QED) is 0.172. The van der Waals surface area contributed by atoms with Crippen LogP contribution in [0.1, 0.15) is 49.9 Å². The average Bonchev–Trinajstić information content (AvgIpc) is 3.78. The molecule has 1 heterocycles. The lowest BCUT2D eigenvalue weighted by atomic mass is 9.81. The van der Waals surface area contributed by atoms with Gasteiger partial charge in [-0.2, -0.15) is 0 Å². The molecule has 0 bridgehead atoms. The third-order valence-electron chi connectivity index (χ3n) is 12.8. The van der Waals surface area contributed by atoms with Gasteiger partial charge in [-0.3, -0.25) is 0 Å². The number of benzene rings is 8. The summed E-state index contributed by atoms with van der Waals surface area (Å²) >= 11 is 0. The zero-order valence-corrected chi connectivity index (χ0v) is 32.2. The van der Waals surface area contributed by atoms with Crippen molar-refractivity contribution in [3.05, 3.63) is 204 Å². The van der Waals surface area contributed by atoms with E-state index in [-0.39, 0.29) is 10.8 Å². The van der Waals surface area contributed by atoms with Crippen LogP contribution in [-0.2, 0) is 10.8 Å². The smallest absolute Gasteiger partial charge is 0.0547 e. The predicted octanol–water partition coefficient (Wildman–Crippen LogP) is 14.5. The van der Waals surface area contributed by atoms with E-state index in [1.807, 2.05) is 0 Å². The van der Waals surface area contributed by atoms with E-state index >= 15 is 0 Å². The van der Waals surface area contributed by atoms with Crippen LogP contribution in [0.5, 0.6) is 0 Å². The van der Waals surface area contributed by atoms with E-state index in [1.165, 1.54) is 83.1 Å². The molecule has 56 heavy (non-hydrogen) atoms. The van der Waals surface area contributed by atoms with E-state index < -0.39 is 0 Å². The lowest BCUT2D eigenvalue weighted by molar-refractivity contribution is 0.660. The maximum atomic E-state index is 2.55. The van der Waals surface area contributed by atoms with Gasteiger partial charge in [0.25, 0.3) is 0 Å². The number of fused-ring (bicyclic) bond motifs is 9. The summed E-state index contributed by atoms with van der Waals surface area (Å²) in [6.07, 6.45) is 0. The van der Waals surface area contributed by atoms with Crippen molar-refractivity contribution in [2.24, 2.45) is 0 Å². The van der Waals surface area contributed by atoms with Crippen molar-refractivity contribution < 1.29 is 0 Å². The molecule has 0 saturated carbocycles. The Labute approximate surface area is 328 Å². The minimum absolute atomic E-state index is 0.0720. The first-order valence-corrected chi connectivity index (χ1v) is 19.8. The lowest BCUT2D eigenvalue weighted by Gasteiger charge is -2.34. The second-order valence-corrected chi connectivity index (χ2v) is 16.5. The molecule has 268 valence electrons. The molecule has 2 aliphatic rings. The SMILES string of the molecule is CC1(C)c2ccccc2-c2cc(N(c3ccccc3-c3ccc4c5ccccc5n(-c5ccccc5)c4c3)c3cccc4c3C(C)(C)c3ccccc3-4)ccc21. The van der Waals surface area contributed by atoms with Crippen LogP contribution < -0.4 is 4.90 Å². The van der Waals surface area contributed by atoms with Crippen molar-refractivity contribution in [3.63, 3.8) is 0 Å². The van der Waals surface area contributed by atoms with Gasteiger partial charge in [0.1, 0.15) is 0 Å². The van der Waals surface area contributed by atoms with Crippen LogP contribution in [0.25, 0.3) is 60.9 Å². The molecule has 2 heteroatoms. The highest BCUT2D eigenvalue weighted by Gasteiger charge is 2.40. The molecule has 2 nitrogen and oxygen atoms in total. The fraction of sp³-hybridized carbons (Fsp3) is 0.111. The van der Waals surface area contributed by atoms with Gasteiger partial charge in [-0.1, -0.05) is 161 Å². The van der Waals surface area contributed by atoms with E-state index in [9.17, 15) is 0 Å². The van der Waals surface area contributed by atoms with Gasteiger partial charge >= 0.3 is 0 Å². The van der Waals surface area contributed by atoms with Gasteiger partial charge in [0.2, 0.25) is 0 Å². The minimum atomic E-state index is -0.198. The molecule has 0 aliphatic heterocycles. The van der Waals surface area contributed by atoms with Crippen molar-refractivity contribution in [1.29, 1.82) is 0 Å². The summed E-state index contributed by atoms with van der Waals surface area (Å²) in [6.45, 7) is 9.50. The molecule has 0 N–H and O–H groups in total. The summed E-state index contributed by atoms with van der Waals surface area (Å²) in [6, 6.07) is 67.6. The lowest BCUT2D eigenvalue weighted by Crippen LogP contribution is -2.21. The Bertz CT molecular complexity index is 3030. The third kappa shape index (κ3) is 4.56. The minimum Gasteiger partial charge on any atom is -0.310 e. The molecule has 0 saturated heterocycles. The van der Waals surface area contributed by atoms with Crippen molar-refractivity contribution in [1.82, 2.24) is 4.57 Å². The summed E-state index contributed by atoms with van der Waals surface area (Å²) in [4.78, 5) is 2.55. The molecular weight excluding hydrogens is 677 g/mol. The Kier molecular flexibility index (Phi) is 6.98. The van der Waals surface area contributed by atoms with Crippen molar-refractivity contribution >= 4 is 38.9 Å². The first-order chi connectivity index (χ1) is 27.3. The van der Waals surface area contributed by atoms with Crippen LogP contribution in [-0.4, -0.2) is 4.57 Å². The number of nitrogens with zero attached hydrogens (tertiary/aromatic N) is 2. The maximum Gasteiger partial charge on any atom is 0.0547 e. The standard InChI is InChI=1S/C54H42N2/c1-53(2)45-24-12-9-21-40(45)44-34-37(30-32-47(44)53)56(50-28-16-23-43-39-20-8-13-25-46(39)54(3,4)52(43)50)48-26-14-10-19-38(48)35-29-31-42-41-22-11-15-27-49(41)55(51(42)33-35)36-17-6-5-7-18-36/h5-34H,1-4H3. The fourth-order valence-electron chi connectivity index (χ4n) is 10.2. The highest BCUT2D eigenvalue weighted by Crippen LogP contribution is 2.56. The first kappa shape index (κ1) is 32.8. The summed E-state index contributed by atoms with van der Waals surface area (Å²) in [5.74, 6) is 0. The van der Waals surface area contributed by atoms with Crippen LogP contribution in [0.3, 0.4) is 0 Å². The number of aromatic nitrogens is 1. The van der Waals surface area contributed by atoms with Crippen LogP contribution >= 0.6 is 0 Å². The normalized spacial score (nSPS) is 14.4. The zero-order chi connectivity index (χ0) is 37.8. The number of anilines is 3. The number of para-hydroxylation sites is 3. The Morgan fingerprint density at radius 1 is 0.393 bits per heavy atom. The molecule has 0 atom stereocenters. The van der Waals surface area contributed by atoms with E-state index in [4.69, 9.17) is 0 Å². The predicted molar refractivity (Wildman–Crippen MR) is 236 cm³/mol. The highest BCUT2D eigenvalue weighted by atomic mass is 15.1. The molecule has 0 fully saturated rings. The average molecular weight is 719 g/mol. The zero-order valence-electron chi connectivity index (χ0n) is 32.2. The molecule has 8 aromatic carbocycles. The van der Waals surface area contributed by atoms with Crippen molar-refractivity contribution in [2.45, 2.75) is 38.5 Å². The Balaban J connectivity index is 1.18. The highest BCUT2D eigenvalue weighted by molar-refractivity contribution is 6.10. The van der Waals surface area contributed by atoms with Crippen LogP contribution in [0.15, 0.2) is 182 Å². The second-order valence-electron chi connectivity index (χ2n) is 16.5. The van der Waals surface area contributed by atoms with Crippen molar-refractivity contribution in [3.8, 4) is 39.1 Å². The second kappa shape index (κ2) is 11.9. The molecule has 2 aliphatic carbocycles. The topological polar surface area (TPSA) is 8.17 Å². The summed E-state index contributed by atoms with van der Waals surface area (Å²) < 4.78 is 2.41. The van der Waals surface area contributed by atoms with E-state index in [2.05, 4.69) is 219 Å².